The number of nitrogens with zero attached hydrogens (tertiary/aromatic N) is 3. The number of hydrogen-bond donors (Lipinski definition) is 2. The molecule has 0 radical (unpaired) electrons. The Balaban J connectivity index is 1.40. The summed E-state index contributed by atoms with van der Waals surface area (Å²) < 4.78 is 0. The molecule has 2 aromatic rings. The van der Waals surface area contributed by atoms with E-state index in [0.29, 0.717) is 11.6 Å². The molecule has 0 atom stereocenters. The number of anilines is 2. The molecule has 1 saturated carbocycles. The van der Waals surface area contributed by atoms with Gasteiger partial charge in [-0.2, -0.15) is 0 Å². The lowest BCUT2D eigenvalue weighted by Gasteiger charge is -2.16. The van der Waals surface area contributed by atoms with E-state index in [4.69, 9.17) is 11.6 Å². The highest BCUT2D eigenvalue weighted by Gasteiger charge is 2.34. The van der Waals surface area contributed by atoms with Crippen molar-refractivity contribution in [2.75, 3.05) is 30.6 Å². The highest BCUT2D eigenvalue weighted by Crippen LogP contribution is 2.42. The maximum atomic E-state index is 12.2. The van der Waals surface area contributed by atoms with Gasteiger partial charge in [0.1, 0.15) is 17.9 Å². The minimum atomic E-state index is -0.258. The number of hydrogen-bond acceptors (Lipinski definition) is 4. The molecule has 1 saturated heterocycles. The van der Waals surface area contributed by atoms with E-state index in [-0.39, 0.29) is 18.5 Å². The monoisotopic (exact) mass is 412 g/mol. The second kappa shape index (κ2) is 6.93. The maximum absolute atomic E-state index is 12.2. The first-order valence-electron chi connectivity index (χ1n) is 9.85. The van der Waals surface area contributed by atoms with E-state index in [1.54, 1.807) is 4.90 Å². The Morgan fingerprint density at radius 1 is 1.21 bits per heavy atom. The number of carbonyl (C=O) groups is 2. The van der Waals surface area contributed by atoms with E-state index in [9.17, 15) is 9.59 Å². The zero-order valence-corrected chi connectivity index (χ0v) is 16.9. The SMILES string of the molecule is CN1C(=O)CN(Cc2cccc(-c3ccc4c(c3Cl)N[NH2+]N4CC3CC3)c2)C1=O. The Morgan fingerprint density at radius 3 is 2.76 bits per heavy atom. The average Bonchev–Trinajstić information content (AvgIpc) is 3.39. The molecule has 0 bridgehead atoms. The molecule has 3 amide bonds. The molecule has 0 aromatic heterocycles. The Labute approximate surface area is 174 Å². The average molecular weight is 413 g/mol. The molecular formula is C21H23ClN5O2+. The summed E-state index contributed by atoms with van der Waals surface area (Å²) in [5, 5.41) is 2.94. The molecule has 3 aliphatic rings. The molecule has 3 N–H and O–H groups in total. The first-order valence-corrected chi connectivity index (χ1v) is 10.2. The van der Waals surface area contributed by atoms with E-state index in [0.717, 1.165) is 45.4 Å². The number of rotatable bonds is 5. The predicted octanol–water partition coefficient (Wildman–Crippen LogP) is 2.44. The molecule has 2 heterocycles. The standard InChI is InChI=1S/C21H22ClN5O2/c1-25-18(28)12-26(21(25)29)10-14-3-2-4-15(9-14)16-7-8-17-20(19(16)22)23-24-27(17)11-13-5-6-13/h2-4,7-9,13,23-24H,5-6,10-12H2,1H3/p+1. The van der Waals surface area contributed by atoms with Crippen LogP contribution < -0.4 is 16.0 Å². The quantitative estimate of drug-likeness (QED) is 0.584. The van der Waals surface area contributed by atoms with Gasteiger partial charge in [0.25, 0.3) is 0 Å². The zero-order chi connectivity index (χ0) is 20.1. The van der Waals surface area contributed by atoms with Crippen molar-refractivity contribution in [3.63, 3.8) is 0 Å². The molecule has 150 valence electrons. The third kappa shape index (κ3) is 3.30. The summed E-state index contributed by atoms with van der Waals surface area (Å²) in [5.41, 5.74) is 10.3. The Morgan fingerprint density at radius 2 is 2.03 bits per heavy atom. The fourth-order valence-corrected chi connectivity index (χ4v) is 4.27. The van der Waals surface area contributed by atoms with E-state index in [1.165, 1.54) is 19.9 Å². The van der Waals surface area contributed by atoms with Crippen molar-refractivity contribution in [3.05, 3.63) is 47.0 Å². The number of nitrogen functional groups attached to an aromatic ring is 1. The number of nitrogens with one attached hydrogen (secondary N) is 1. The summed E-state index contributed by atoms with van der Waals surface area (Å²) in [4.78, 5) is 26.6. The number of benzene rings is 2. The molecule has 0 unspecified atom stereocenters. The number of halogens is 1. The fourth-order valence-electron chi connectivity index (χ4n) is 3.94. The normalized spacial score (nSPS) is 18.5. The third-order valence-electron chi connectivity index (χ3n) is 5.82. The van der Waals surface area contributed by atoms with Crippen molar-refractivity contribution in [3.8, 4) is 11.1 Å². The van der Waals surface area contributed by atoms with Gasteiger partial charge < -0.3 is 4.90 Å². The summed E-state index contributed by atoms with van der Waals surface area (Å²) in [6, 6.07) is 11.9. The lowest BCUT2D eigenvalue weighted by atomic mass is 10.0. The van der Waals surface area contributed by atoms with Crippen LogP contribution in [0, 0.1) is 5.92 Å². The molecule has 7 nitrogen and oxygen atoms in total. The summed E-state index contributed by atoms with van der Waals surface area (Å²) in [7, 11) is 1.52. The topological polar surface area (TPSA) is 72.5 Å². The maximum Gasteiger partial charge on any atom is 0.327 e. The van der Waals surface area contributed by atoms with Crippen LogP contribution in [0.4, 0.5) is 16.2 Å². The Bertz CT molecular complexity index is 1010. The van der Waals surface area contributed by atoms with Gasteiger partial charge in [-0.1, -0.05) is 35.9 Å². The Kier molecular flexibility index (Phi) is 4.37. The molecule has 2 fully saturated rings. The summed E-state index contributed by atoms with van der Waals surface area (Å²) in [6.45, 7) is 1.55. The van der Waals surface area contributed by atoms with Crippen LogP contribution in [0.1, 0.15) is 18.4 Å². The summed E-state index contributed by atoms with van der Waals surface area (Å²) >= 11 is 6.77. The van der Waals surface area contributed by atoms with Gasteiger partial charge in [-0.05, 0) is 42.0 Å². The van der Waals surface area contributed by atoms with Gasteiger partial charge in [0.15, 0.2) is 0 Å². The molecule has 0 spiro atoms. The van der Waals surface area contributed by atoms with E-state index >= 15 is 0 Å². The lowest BCUT2D eigenvalue weighted by molar-refractivity contribution is -0.631. The lowest BCUT2D eigenvalue weighted by Crippen LogP contribution is -2.95. The van der Waals surface area contributed by atoms with Gasteiger partial charge in [0, 0.05) is 19.2 Å². The molecule has 29 heavy (non-hydrogen) atoms. The van der Waals surface area contributed by atoms with Crippen LogP contribution in [0.3, 0.4) is 0 Å². The van der Waals surface area contributed by atoms with Crippen LogP contribution in [-0.2, 0) is 11.3 Å². The van der Waals surface area contributed by atoms with Crippen LogP contribution in [0.2, 0.25) is 5.02 Å². The molecular weight excluding hydrogens is 390 g/mol. The number of fused-ring (bicyclic) bond motifs is 1. The van der Waals surface area contributed by atoms with Gasteiger partial charge in [0.2, 0.25) is 5.91 Å². The zero-order valence-electron chi connectivity index (χ0n) is 16.2. The minimum Gasteiger partial charge on any atom is -0.311 e. The van der Waals surface area contributed by atoms with Crippen LogP contribution in [-0.4, -0.2) is 41.9 Å². The third-order valence-corrected chi connectivity index (χ3v) is 6.21. The second-order valence-corrected chi connectivity index (χ2v) is 8.36. The van der Waals surface area contributed by atoms with Gasteiger partial charge in [0.05, 0.1) is 11.6 Å². The number of amides is 3. The van der Waals surface area contributed by atoms with Crippen LogP contribution in [0.5, 0.6) is 0 Å². The van der Waals surface area contributed by atoms with E-state index < -0.39 is 0 Å². The van der Waals surface area contributed by atoms with Gasteiger partial charge in [-0.15, -0.1) is 5.53 Å². The van der Waals surface area contributed by atoms with Gasteiger partial charge in [-0.25, -0.2) is 15.2 Å². The Hall–Kier alpha value is -2.77. The van der Waals surface area contributed by atoms with Gasteiger partial charge in [-0.3, -0.25) is 9.69 Å². The predicted molar refractivity (Wildman–Crippen MR) is 111 cm³/mol. The van der Waals surface area contributed by atoms with Crippen molar-refractivity contribution in [2.45, 2.75) is 19.4 Å². The molecule has 2 aliphatic heterocycles. The molecule has 1 aliphatic carbocycles. The number of urea groups is 1. The van der Waals surface area contributed by atoms with Crippen molar-refractivity contribution in [1.82, 2.24) is 9.80 Å². The first-order chi connectivity index (χ1) is 14.0. The van der Waals surface area contributed by atoms with Crippen LogP contribution in [0.15, 0.2) is 36.4 Å². The second-order valence-electron chi connectivity index (χ2n) is 7.98. The van der Waals surface area contributed by atoms with Crippen molar-refractivity contribution >= 4 is 34.9 Å². The highest BCUT2D eigenvalue weighted by molar-refractivity contribution is 6.36. The number of likely N-dealkylation sites (N-methyl/N-ethyl adjacent to an activating group) is 1. The van der Waals surface area contributed by atoms with Crippen molar-refractivity contribution in [2.24, 2.45) is 5.92 Å². The first kappa shape index (κ1) is 18.3. The largest absolute Gasteiger partial charge is 0.327 e. The molecule has 5 rings (SSSR count). The van der Waals surface area contributed by atoms with E-state index in [2.05, 4.69) is 22.6 Å². The smallest absolute Gasteiger partial charge is 0.311 e. The number of nitrogens with two attached hydrogens (primary N) is 1. The van der Waals surface area contributed by atoms with Gasteiger partial charge >= 0.3 is 6.03 Å². The highest BCUT2D eigenvalue weighted by atomic mass is 35.5. The summed E-state index contributed by atoms with van der Waals surface area (Å²) in [6.07, 6.45) is 2.61. The van der Waals surface area contributed by atoms with Crippen LogP contribution in [0.25, 0.3) is 11.1 Å². The molecule has 2 aromatic carbocycles. The van der Waals surface area contributed by atoms with Crippen molar-refractivity contribution < 1.29 is 15.1 Å². The molecule has 8 heteroatoms. The minimum absolute atomic E-state index is 0.121. The van der Waals surface area contributed by atoms with Crippen molar-refractivity contribution in [1.29, 1.82) is 0 Å². The number of imide groups is 1. The number of carbonyl (C=O) groups excluding carboxylic acids is 2. The fraction of sp³-hybridized carbons (Fsp3) is 0.333. The summed E-state index contributed by atoms with van der Waals surface area (Å²) in [5.74, 6) is 0.610. The van der Waals surface area contributed by atoms with Crippen LogP contribution >= 0.6 is 11.6 Å². The number of quaternary nitrogens is 1. The van der Waals surface area contributed by atoms with E-state index in [1.807, 2.05) is 29.8 Å².